The summed E-state index contributed by atoms with van der Waals surface area (Å²) in [7, 11) is -3.51. The van der Waals surface area contributed by atoms with E-state index in [1.165, 1.54) is 0 Å². The largest absolute Gasteiger partial charge is 0.481 e. The molecule has 0 aromatic heterocycles. The van der Waals surface area contributed by atoms with E-state index in [9.17, 15) is 23.4 Å². The lowest BCUT2D eigenvalue weighted by molar-refractivity contribution is -0.206. The van der Waals surface area contributed by atoms with Crippen molar-refractivity contribution >= 4 is 16.1 Å². The van der Waals surface area contributed by atoms with Gasteiger partial charge in [0.15, 0.2) is 0 Å². The van der Waals surface area contributed by atoms with Crippen molar-refractivity contribution in [3.63, 3.8) is 0 Å². The molecule has 0 aliphatic heterocycles. The molecule has 7 nitrogen and oxygen atoms in total. The van der Waals surface area contributed by atoms with Crippen LogP contribution < -0.4 is 0 Å². The molecule has 0 unspecified atom stereocenters. The van der Waals surface area contributed by atoms with Gasteiger partial charge in [0.25, 0.3) is 10.1 Å². The molecule has 3 N–H and O–H groups in total. The molecule has 0 amide bonds. The molecule has 11 atom stereocenters. The van der Waals surface area contributed by atoms with Crippen molar-refractivity contribution in [1.29, 1.82) is 0 Å². The number of carbonyl (C=O) groups is 1. The maximum atomic E-state index is 11.7. The highest BCUT2D eigenvalue weighted by molar-refractivity contribution is 7.86. The summed E-state index contributed by atoms with van der Waals surface area (Å²) < 4.78 is 28.7. The second kappa shape index (κ2) is 8.75. The topological polar surface area (TPSA) is 121 Å². The number of aliphatic hydroxyl groups is 2. The van der Waals surface area contributed by atoms with E-state index in [1.807, 2.05) is 0 Å². The Bertz CT molecular complexity index is 859. The van der Waals surface area contributed by atoms with E-state index in [0.717, 1.165) is 25.5 Å². The fourth-order valence-electron chi connectivity index (χ4n) is 9.00. The standard InChI is InChI=1S/C25H42O7S/c1-14(5-8-22(28)29)17-6-7-18-23-19(13-21(27)25(17,18)3)24(2)10-9-16(32-33(4,30)31)11-15(24)12-20(23)26/h14-21,23,26-27H,5-13H2,1-4H3,(H,28,29)/t14-,15+,16+,17-,18+,19+,20-,21+,23+,24+,25-/m1/s1. The average molecular weight is 487 g/mol. The Kier molecular flexibility index (Phi) is 6.74. The first-order chi connectivity index (χ1) is 15.3. The lowest BCUT2D eigenvalue weighted by atomic mass is 9.43. The molecule has 4 aliphatic carbocycles. The van der Waals surface area contributed by atoms with Crippen LogP contribution in [-0.4, -0.2) is 54.3 Å². The van der Waals surface area contributed by atoms with Gasteiger partial charge in [0, 0.05) is 6.42 Å². The number of carboxylic acid groups (broad SMARTS) is 1. The van der Waals surface area contributed by atoms with E-state index >= 15 is 0 Å². The number of aliphatic hydroxyl groups excluding tert-OH is 2. The Morgan fingerprint density at radius 3 is 2.42 bits per heavy atom. The van der Waals surface area contributed by atoms with Crippen molar-refractivity contribution in [3.05, 3.63) is 0 Å². The van der Waals surface area contributed by atoms with Gasteiger partial charge >= 0.3 is 5.97 Å². The molecule has 4 rings (SSSR count). The van der Waals surface area contributed by atoms with Crippen molar-refractivity contribution in [2.75, 3.05) is 6.26 Å². The molecule has 4 aliphatic rings. The van der Waals surface area contributed by atoms with Crippen molar-refractivity contribution in [2.24, 2.45) is 46.3 Å². The van der Waals surface area contributed by atoms with Crippen molar-refractivity contribution in [1.82, 2.24) is 0 Å². The Morgan fingerprint density at radius 2 is 1.79 bits per heavy atom. The molecule has 4 saturated carbocycles. The monoisotopic (exact) mass is 486 g/mol. The Hall–Kier alpha value is -0.700. The zero-order valence-corrected chi connectivity index (χ0v) is 21.3. The fraction of sp³-hybridized carbons (Fsp3) is 0.960. The van der Waals surface area contributed by atoms with Crippen LogP contribution in [-0.2, 0) is 19.1 Å². The zero-order chi connectivity index (χ0) is 24.3. The second-order valence-electron chi connectivity index (χ2n) is 12.2. The molecule has 190 valence electrons. The average Bonchev–Trinajstić information content (AvgIpc) is 3.05. The molecular formula is C25H42O7S. The highest BCUT2D eigenvalue weighted by Crippen LogP contribution is 2.68. The summed E-state index contributed by atoms with van der Waals surface area (Å²) in [5, 5.41) is 32.1. The maximum Gasteiger partial charge on any atom is 0.303 e. The summed E-state index contributed by atoms with van der Waals surface area (Å²) in [4.78, 5) is 11.1. The minimum atomic E-state index is -3.51. The van der Waals surface area contributed by atoms with Crippen LogP contribution in [0.5, 0.6) is 0 Å². The van der Waals surface area contributed by atoms with E-state index in [4.69, 9.17) is 9.29 Å². The second-order valence-corrected chi connectivity index (χ2v) is 13.8. The first-order valence-corrected chi connectivity index (χ1v) is 14.5. The summed E-state index contributed by atoms with van der Waals surface area (Å²) in [6.07, 6.45) is 6.02. The number of carboxylic acids is 1. The summed E-state index contributed by atoms with van der Waals surface area (Å²) in [5.41, 5.74) is -0.351. The van der Waals surface area contributed by atoms with Gasteiger partial charge in [-0.3, -0.25) is 8.98 Å². The lowest BCUT2D eigenvalue weighted by Gasteiger charge is -2.63. The van der Waals surface area contributed by atoms with Crippen LogP contribution in [0.4, 0.5) is 0 Å². The molecule has 0 heterocycles. The zero-order valence-electron chi connectivity index (χ0n) is 20.4. The van der Waals surface area contributed by atoms with Crippen molar-refractivity contribution in [3.8, 4) is 0 Å². The van der Waals surface area contributed by atoms with E-state index in [-0.39, 0.29) is 58.9 Å². The molecular weight excluding hydrogens is 444 g/mol. The summed E-state index contributed by atoms with van der Waals surface area (Å²) in [5.74, 6) is 0.432. The molecule has 0 bridgehead atoms. The van der Waals surface area contributed by atoms with Crippen LogP contribution in [0.25, 0.3) is 0 Å². The van der Waals surface area contributed by atoms with Gasteiger partial charge in [-0.15, -0.1) is 0 Å². The van der Waals surface area contributed by atoms with Crippen LogP contribution in [0.1, 0.15) is 78.6 Å². The smallest absolute Gasteiger partial charge is 0.303 e. The van der Waals surface area contributed by atoms with E-state index < -0.39 is 28.3 Å². The number of hydrogen-bond donors (Lipinski definition) is 3. The van der Waals surface area contributed by atoms with Gasteiger partial charge in [-0.05, 0) is 97.7 Å². The number of fused-ring (bicyclic) bond motifs is 5. The predicted octanol–water partition coefficient (Wildman–Crippen LogP) is 3.43. The molecule has 8 heteroatoms. The van der Waals surface area contributed by atoms with Crippen LogP contribution in [0.15, 0.2) is 0 Å². The van der Waals surface area contributed by atoms with Gasteiger partial charge in [-0.1, -0.05) is 20.8 Å². The summed E-state index contributed by atoms with van der Waals surface area (Å²) in [6, 6.07) is 0. The van der Waals surface area contributed by atoms with Gasteiger partial charge in [0.05, 0.1) is 24.6 Å². The normalized spacial score (nSPS) is 48.4. The van der Waals surface area contributed by atoms with Crippen LogP contribution in [0.3, 0.4) is 0 Å². The molecule has 33 heavy (non-hydrogen) atoms. The molecule has 0 saturated heterocycles. The molecule has 0 spiro atoms. The highest BCUT2D eigenvalue weighted by atomic mass is 32.2. The Balaban J connectivity index is 1.56. The van der Waals surface area contributed by atoms with Gasteiger partial charge in [-0.2, -0.15) is 8.42 Å². The first-order valence-electron chi connectivity index (χ1n) is 12.7. The Labute approximate surface area is 198 Å². The van der Waals surface area contributed by atoms with Crippen molar-refractivity contribution in [2.45, 2.75) is 96.9 Å². The first kappa shape index (κ1) is 25.4. The lowest BCUT2D eigenvalue weighted by Crippen LogP contribution is -2.62. The minimum absolute atomic E-state index is 0.0451. The summed E-state index contributed by atoms with van der Waals surface area (Å²) in [6.45, 7) is 6.60. The van der Waals surface area contributed by atoms with Gasteiger partial charge in [0.1, 0.15) is 0 Å². The fourth-order valence-corrected chi connectivity index (χ4v) is 9.67. The van der Waals surface area contributed by atoms with Crippen molar-refractivity contribution < 1.29 is 32.7 Å². The minimum Gasteiger partial charge on any atom is -0.481 e. The third kappa shape index (κ3) is 4.38. The third-order valence-electron chi connectivity index (χ3n) is 10.6. The SMILES string of the molecule is C[C@H](CCC(=O)O)[C@H]1CC[C@H]2[C@@H]3[C@H](O)C[C@@H]4C[C@@H](OS(C)(=O)=O)CC[C@]4(C)[C@H]3C[C@H](O)[C@]12C. The molecule has 4 fully saturated rings. The van der Waals surface area contributed by atoms with E-state index in [1.54, 1.807) is 0 Å². The molecule has 0 radical (unpaired) electrons. The quantitative estimate of drug-likeness (QED) is 0.492. The van der Waals surface area contributed by atoms with Gasteiger partial charge in [0.2, 0.25) is 0 Å². The number of aliphatic carboxylic acids is 1. The van der Waals surface area contributed by atoms with Gasteiger partial charge < -0.3 is 15.3 Å². The maximum absolute atomic E-state index is 11.7. The predicted molar refractivity (Wildman–Crippen MR) is 124 cm³/mol. The molecule has 0 aromatic rings. The third-order valence-corrected chi connectivity index (χ3v) is 11.2. The number of rotatable bonds is 6. The van der Waals surface area contributed by atoms with Crippen LogP contribution in [0.2, 0.25) is 0 Å². The highest BCUT2D eigenvalue weighted by Gasteiger charge is 2.65. The van der Waals surface area contributed by atoms with Gasteiger partial charge in [-0.25, -0.2) is 0 Å². The van der Waals surface area contributed by atoms with Crippen LogP contribution in [0, 0.1) is 46.3 Å². The van der Waals surface area contributed by atoms with Crippen LogP contribution >= 0.6 is 0 Å². The molecule has 0 aromatic carbocycles. The number of hydrogen-bond acceptors (Lipinski definition) is 6. The van der Waals surface area contributed by atoms with E-state index in [2.05, 4.69) is 20.8 Å². The Morgan fingerprint density at radius 1 is 1.09 bits per heavy atom. The summed E-state index contributed by atoms with van der Waals surface area (Å²) >= 11 is 0. The van der Waals surface area contributed by atoms with E-state index in [0.29, 0.717) is 32.1 Å².